The van der Waals surface area contributed by atoms with Gasteiger partial charge in [-0.3, -0.25) is 0 Å². The SMILES string of the molecule is CCNC(CCC(F)(F)F)c1c(F)ccc(C)c1F. The molecule has 0 bridgehead atoms. The maximum atomic E-state index is 13.9. The zero-order valence-corrected chi connectivity index (χ0v) is 10.7. The highest BCUT2D eigenvalue weighted by molar-refractivity contribution is 5.29. The molecule has 0 saturated carbocycles. The molecule has 0 aliphatic rings. The minimum absolute atomic E-state index is 0.214. The number of nitrogens with one attached hydrogen (secondary N) is 1. The molecule has 0 saturated heterocycles. The number of rotatable bonds is 5. The van der Waals surface area contributed by atoms with Gasteiger partial charge in [-0.05, 0) is 31.5 Å². The van der Waals surface area contributed by atoms with Crippen LogP contribution in [0.2, 0.25) is 0 Å². The normalized spacial score (nSPS) is 13.6. The van der Waals surface area contributed by atoms with E-state index in [1.54, 1.807) is 6.92 Å². The molecule has 1 atom stereocenters. The molecule has 1 rings (SSSR count). The van der Waals surface area contributed by atoms with Gasteiger partial charge in [-0.2, -0.15) is 13.2 Å². The van der Waals surface area contributed by atoms with Crippen LogP contribution in [0.3, 0.4) is 0 Å². The number of halogens is 5. The number of hydrogen-bond donors (Lipinski definition) is 1. The second-order valence-corrected chi connectivity index (χ2v) is 4.36. The summed E-state index contributed by atoms with van der Waals surface area (Å²) in [6, 6.07) is 1.36. The van der Waals surface area contributed by atoms with Gasteiger partial charge in [0.25, 0.3) is 0 Å². The predicted molar refractivity (Wildman–Crippen MR) is 62.8 cm³/mol. The summed E-state index contributed by atoms with van der Waals surface area (Å²) in [5.41, 5.74) is -0.0996. The van der Waals surface area contributed by atoms with Crippen LogP contribution in [0.1, 0.15) is 36.9 Å². The fourth-order valence-electron chi connectivity index (χ4n) is 1.90. The van der Waals surface area contributed by atoms with E-state index in [0.717, 1.165) is 6.07 Å². The molecule has 0 fully saturated rings. The van der Waals surface area contributed by atoms with E-state index < -0.39 is 36.7 Å². The molecule has 1 unspecified atom stereocenters. The Kier molecular flexibility index (Phi) is 5.29. The van der Waals surface area contributed by atoms with Crippen LogP contribution in [-0.4, -0.2) is 12.7 Å². The third kappa shape index (κ3) is 4.45. The first-order chi connectivity index (χ1) is 8.76. The van der Waals surface area contributed by atoms with Crippen molar-refractivity contribution in [3.63, 3.8) is 0 Å². The van der Waals surface area contributed by atoms with E-state index in [0.29, 0.717) is 6.54 Å². The lowest BCUT2D eigenvalue weighted by molar-refractivity contribution is -0.136. The standard InChI is InChI=1S/C13H16F5N/c1-3-19-10(6-7-13(16,17)18)11-9(14)5-4-8(2)12(11)15/h4-5,10,19H,3,6-7H2,1-2H3. The molecule has 0 spiro atoms. The lowest BCUT2D eigenvalue weighted by Crippen LogP contribution is -2.25. The van der Waals surface area contributed by atoms with Crippen molar-refractivity contribution in [1.82, 2.24) is 5.32 Å². The van der Waals surface area contributed by atoms with E-state index in [-0.39, 0.29) is 11.1 Å². The molecular formula is C13H16F5N. The van der Waals surface area contributed by atoms with E-state index in [9.17, 15) is 22.0 Å². The average molecular weight is 281 g/mol. The van der Waals surface area contributed by atoms with E-state index >= 15 is 0 Å². The zero-order chi connectivity index (χ0) is 14.6. The van der Waals surface area contributed by atoms with Crippen molar-refractivity contribution in [2.45, 2.75) is 38.9 Å². The highest BCUT2D eigenvalue weighted by Crippen LogP contribution is 2.31. The zero-order valence-electron chi connectivity index (χ0n) is 10.7. The summed E-state index contributed by atoms with van der Waals surface area (Å²) in [5.74, 6) is -1.61. The summed E-state index contributed by atoms with van der Waals surface area (Å²) in [7, 11) is 0. The van der Waals surface area contributed by atoms with E-state index in [4.69, 9.17) is 0 Å². The largest absolute Gasteiger partial charge is 0.389 e. The van der Waals surface area contributed by atoms with Crippen molar-refractivity contribution >= 4 is 0 Å². The molecule has 6 heteroatoms. The molecule has 0 aliphatic carbocycles. The second-order valence-electron chi connectivity index (χ2n) is 4.36. The third-order valence-electron chi connectivity index (χ3n) is 2.84. The highest BCUT2D eigenvalue weighted by Gasteiger charge is 2.30. The molecule has 19 heavy (non-hydrogen) atoms. The summed E-state index contributed by atoms with van der Waals surface area (Å²) < 4.78 is 64.3. The number of benzene rings is 1. The third-order valence-corrected chi connectivity index (χ3v) is 2.84. The number of hydrogen-bond acceptors (Lipinski definition) is 1. The maximum Gasteiger partial charge on any atom is 0.389 e. The molecule has 0 aliphatic heterocycles. The summed E-state index contributed by atoms with van der Waals surface area (Å²) in [5, 5.41) is 2.70. The minimum Gasteiger partial charge on any atom is -0.310 e. The van der Waals surface area contributed by atoms with Gasteiger partial charge in [0.1, 0.15) is 11.6 Å². The molecular weight excluding hydrogens is 265 g/mol. The smallest absolute Gasteiger partial charge is 0.310 e. The van der Waals surface area contributed by atoms with Gasteiger partial charge in [-0.15, -0.1) is 0 Å². The molecule has 1 aromatic carbocycles. The Labute approximate surface area is 108 Å². The van der Waals surface area contributed by atoms with Crippen LogP contribution >= 0.6 is 0 Å². The van der Waals surface area contributed by atoms with E-state index in [1.807, 2.05) is 0 Å². The van der Waals surface area contributed by atoms with Gasteiger partial charge in [0, 0.05) is 18.0 Å². The van der Waals surface area contributed by atoms with Gasteiger partial charge < -0.3 is 5.32 Å². The fraction of sp³-hybridized carbons (Fsp3) is 0.538. The van der Waals surface area contributed by atoms with Crippen molar-refractivity contribution in [2.24, 2.45) is 0 Å². The summed E-state index contributed by atoms with van der Waals surface area (Å²) in [6.07, 6.45) is -5.82. The lowest BCUT2D eigenvalue weighted by Gasteiger charge is -2.21. The maximum absolute atomic E-state index is 13.9. The quantitative estimate of drug-likeness (QED) is 0.795. The molecule has 0 amide bonds. The van der Waals surface area contributed by atoms with E-state index in [1.165, 1.54) is 13.0 Å². The van der Waals surface area contributed by atoms with Gasteiger partial charge in [-0.1, -0.05) is 13.0 Å². The molecule has 1 N–H and O–H groups in total. The van der Waals surface area contributed by atoms with Crippen molar-refractivity contribution in [1.29, 1.82) is 0 Å². The van der Waals surface area contributed by atoms with Gasteiger partial charge in [0.05, 0.1) is 0 Å². The first-order valence-corrected chi connectivity index (χ1v) is 6.01. The second kappa shape index (κ2) is 6.32. The summed E-state index contributed by atoms with van der Waals surface area (Å²) >= 11 is 0. The first-order valence-electron chi connectivity index (χ1n) is 6.01. The first kappa shape index (κ1) is 15.9. The molecule has 0 heterocycles. The topological polar surface area (TPSA) is 12.0 Å². The van der Waals surface area contributed by atoms with Crippen LogP contribution in [0, 0.1) is 18.6 Å². The van der Waals surface area contributed by atoms with Gasteiger partial charge in [0.15, 0.2) is 0 Å². The van der Waals surface area contributed by atoms with Crippen LogP contribution in [0.15, 0.2) is 12.1 Å². The minimum atomic E-state index is -4.34. The number of alkyl halides is 3. The highest BCUT2D eigenvalue weighted by atomic mass is 19.4. The Balaban J connectivity index is 3.02. The predicted octanol–water partition coefficient (Wildman–Crippen LogP) is 4.27. The molecule has 1 aromatic rings. The molecule has 108 valence electrons. The Morgan fingerprint density at radius 2 is 1.84 bits per heavy atom. The van der Waals surface area contributed by atoms with Gasteiger partial charge in [-0.25, -0.2) is 8.78 Å². The van der Waals surface area contributed by atoms with Crippen LogP contribution in [-0.2, 0) is 0 Å². The van der Waals surface area contributed by atoms with Crippen LogP contribution < -0.4 is 5.32 Å². The average Bonchev–Trinajstić information content (AvgIpc) is 2.30. The molecule has 0 radical (unpaired) electrons. The van der Waals surface area contributed by atoms with Crippen molar-refractivity contribution in [3.05, 3.63) is 34.9 Å². The Morgan fingerprint density at radius 3 is 2.37 bits per heavy atom. The Hall–Kier alpha value is -1.17. The Morgan fingerprint density at radius 1 is 1.21 bits per heavy atom. The van der Waals surface area contributed by atoms with E-state index in [2.05, 4.69) is 5.32 Å². The van der Waals surface area contributed by atoms with Gasteiger partial charge in [0.2, 0.25) is 0 Å². The number of aryl methyl sites for hydroxylation is 1. The van der Waals surface area contributed by atoms with Crippen molar-refractivity contribution in [3.8, 4) is 0 Å². The molecule has 0 aromatic heterocycles. The lowest BCUT2D eigenvalue weighted by atomic mass is 9.98. The van der Waals surface area contributed by atoms with Gasteiger partial charge >= 0.3 is 6.18 Å². The van der Waals surface area contributed by atoms with Crippen LogP contribution in [0.4, 0.5) is 22.0 Å². The van der Waals surface area contributed by atoms with Crippen molar-refractivity contribution in [2.75, 3.05) is 6.54 Å². The monoisotopic (exact) mass is 281 g/mol. The fourth-order valence-corrected chi connectivity index (χ4v) is 1.90. The van der Waals surface area contributed by atoms with Crippen LogP contribution in [0.5, 0.6) is 0 Å². The van der Waals surface area contributed by atoms with Crippen LogP contribution in [0.25, 0.3) is 0 Å². The summed E-state index contributed by atoms with van der Waals surface area (Å²) in [6.45, 7) is 3.45. The summed E-state index contributed by atoms with van der Waals surface area (Å²) in [4.78, 5) is 0. The molecule has 1 nitrogen and oxygen atoms in total. The van der Waals surface area contributed by atoms with Crippen molar-refractivity contribution < 1.29 is 22.0 Å². The Bertz CT molecular complexity index is 428.